The van der Waals surface area contributed by atoms with Crippen LogP contribution < -0.4 is 0 Å². The number of nitrogens with one attached hydrogen (secondary N) is 1. The van der Waals surface area contributed by atoms with E-state index in [1.54, 1.807) is 0 Å². The Morgan fingerprint density at radius 2 is 2.17 bits per heavy atom. The van der Waals surface area contributed by atoms with Crippen molar-refractivity contribution < 1.29 is 14.3 Å². The molecule has 2 aromatic rings. The highest BCUT2D eigenvalue weighted by Gasteiger charge is 2.47. The summed E-state index contributed by atoms with van der Waals surface area (Å²) in [6, 6.07) is 10.1. The summed E-state index contributed by atoms with van der Waals surface area (Å²) >= 11 is 0. The van der Waals surface area contributed by atoms with Crippen molar-refractivity contribution in [2.75, 3.05) is 13.2 Å². The van der Waals surface area contributed by atoms with Crippen molar-refractivity contribution in [1.29, 1.82) is 0 Å². The number of esters is 1. The first-order chi connectivity index (χ1) is 11.3. The van der Waals surface area contributed by atoms with Crippen molar-refractivity contribution in [3.63, 3.8) is 0 Å². The number of aromatic amines is 1. The second-order valence-electron chi connectivity index (χ2n) is 5.63. The van der Waals surface area contributed by atoms with E-state index in [4.69, 9.17) is 9.47 Å². The Balaban J connectivity index is 1.41. The fraction of sp³-hybridized carbons (Fsp3) is 0.471. The van der Waals surface area contributed by atoms with E-state index in [2.05, 4.69) is 15.2 Å². The highest BCUT2D eigenvalue weighted by Crippen LogP contribution is 2.46. The molecule has 1 fully saturated rings. The third-order valence-electron chi connectivity index (χ3n) is 3.86. The van der Waals surface area contributed by atoms with E-state index in [1.807, 2.05) is 37.3 Å². The fourth-order valence-corrected chi connectivity index (χ4v) is 2.51. The lowest BCUT2D eigenvalue weighted by Crippen LogP contribution is -2.07. The lowest BCUT2D eigenvalue weighted by molar-refractivity contribution is -0.144. The number of rotatable bonds is 8. The van der Waals surface area contributed by atoms with Gasteiger partial charge < -0.3 is 9.47 Å². The highest BCUT2D eigenvalue weighted by atomic mass is 16.5. The number of benzene rings is 1. The SMILES string of the molecule is CCOC(=O)[C@@H]1C[C@@H]1c1n[nH]c(CCOCc2ccccc2)n1. The number of ether oxygens (including phenoxy) is 2. The Bertz CT molecular complexity index is 642. The molecule has 0 amide bonds. The predicted octanol–water partition coefficient (Wildman–Crippen LogP) is 2.23. The van der Waals surface area contributed by atoms with Crippen molar-refractivity contribution in [2.45, 2.75) is 32.3 Å². The molecular formula is C17H21N3O3. The Kier molecular flexibility index (Phi) is 5.02. The Labute approximate surface area is 135 Å². The zero-order valence-corrected chi connectivity index (χ0v) is 13.2. The molecule has 0 radical (unpaired) electrons. The summed E-state index contributed by atoms with van der Waals surface area (Å²) in [6.07, 6.45) is 1.46. The number of H-pyrrole nitrogens is 1. The van der Waals surface area contributed by atoms with Gasteiger partial charge in [-0.2, -0.15) is 5.10 Å². The maximum Gasteiger partial charge on any atom is 0.309 e. The van der Waals surface area contributed by atoms with E-state index in [0.29, 0.717) is 32.1 Å². The van der Waals surface area contributed by atoms with E-state index in [1.165, 1.54) is 0 Å². The molecule has 6 nitrogen and oxygen atoms in total. The standard InChI is InChI=1S/C17H21N3O3/c1-2-23-17(21)14-10-13(14)16-18-15(19-20-16)8-9-22-11-12-6-4-3-5-7-12/h3-7,13-14H,2,8-11H2,1H3,(H,18,19,20)/t13-,14+/m0/s1. The summed E-state index contributed by atoms with van der Waals surface area (Å²) in [6.45, 7) is 3.40. The molecular weight excluding hydrogens is 294 g/mol. The van der Waals surface area contributed by atoms with Gasteiger partial charge in [0.25, 0.3) is 0 Å². The first-order valence-corrected chi connectivity index (χ1v) is 7.97. The summed E-state index contributed by atoms with van der Waals surface area (Å²) in [4.78, 5) is 16.1. The van der Waals surface area contributed by atoms with Gasteiger partial charge in [-0.3, -0.25) is 9.89 Å². The van der Waals surface area contributed by atoms with Gasteiger partial charge in [0.1, 0.15) is 5.82 Å². The van der Waals surface area contributed by atoms with Crippen LogP contribution in [0.25, 0.3) is 0 Å². The maximum atomic E-state index is 11.6. The molecule has 0 spiro atoms. The molecule has 1 aromatic heterocycles. The van der Waals surface area contributed by atoms with Gasteiger partial charge in [-0.25, -0.2) is 4.98 Å². The predicted molar refractivity (Wildman–Crippen MR) is 83.7 cm³/mol. The van der Waals surface area contributed by atoms with Gasteiger partial charge >= 0.3 is 5.97 Å². The van der Waals surface area contributed by atoms with Crippen molar-refractivity contribution >= 4 is 5.97 Å². The molecule has 1 aliphatic carbocycles. The van der Waals surface area contributed by atoms with Crippen LogP contribution in [0.4, 0.5) is 0 Å². The summed E-state index contributed by atoms with van der Waals surface area (Å²) in [5, 5.41) is 7.13. The fourth-order valence-electron chi connectivity index (χ4n) is 2.51. The van der Waals surface area contributed by atoms with Crippen LogP contribution in [0.2, 0.25) is 0 Å². The zero-order valence-electron chi connectivity index (χ0n) is 13.2. The minimum Gasteiger partial charge on any atom is -0.466 e. The molecule has 1 saturated carbocycles. The molecule has 2 atom stereocenters. The van der Waals surface area contributed by atoms with Crippen LogP contribution in [0.15, 0.2) is 30.3 Å². The third-order valence-corrected chi connectivity index (χ3v) is 3.86. The summed E-state index contributed by atoms with van der Waals surface area (Å²) in [5.41, 5.74) is 1.15. The number of aromatic nitrogens is 3. The molecule has 1 N–H and O–H groups in total. The van der Waals surface area contributed by atoms with Crippen LogP contribution in [-0.4, -0.2) is 34.4 Å². The van der Waals surface area contributed by atoms with Crippen molar-refractivity contribution in [3.05, 3.63) is 47.5 Å². The minimum atomic E-state index is -0.143. The maximum absolute atomic E-state index is 11.6. The molecule has 1 aliphatic rings. The van der Waals surface area contributed by atoms with E-state index >= 15 is 0 Å². The molecule has 23 heavy (non-hydrogen) atoms. The second kappa shape index (κ2) is 7.37. The van der Waals surface area contributed by atoms with E-state index in [0.717, 1.165) is 17.8 Å². The van der Waals surface area contributed by atoms with E-state index in [9.17, 15) is 4.79 Å². The minimum absolute atomic E-state index is 0.0760. The van der Waals surface area contributed by atoms with E-state index < -0.39 is 0 Å². The van der Waals surface area contributed by atoms with Gasteiger partial charge in [0.2, 0.25) is 0 Å². The summed E-state index contributed by atoms with van der Waals surface area (Å²) in [7, 11) is 0. The Morgan fingerprint density at radius 3 is 2.96 bits per heavy atom. The zero-order chi connectivity index (χ0) is 16.1. The van der Waals surface area contributed by atoms with Crippen LogP contribution in [0.3, 0.4) is 0 Å². The second-order valence-corrected chi connectivity index (χ2v) is 5.63. The van der Waals surface area contributed by atoms with Gasteiger partial charge in [-0.15, -0.1) is 0 Å². The molecule has 1 aromatic carbocycles. The average Bonchev–Trinajstić information content (AvgIpc) is 3.24. The molecule has 6 heteroatoms. The first kappa shape index (κ1) is 15.7. The van der Waals surface area contributed by atoms with Crippen LogP contribution in [-0.2, 0) is 27.3 Å². The van der Waals surface area contributed by atoms with Crippen LogP contribution >= 0.6 is 0 Å². The van der Waals surface area contributed by atoms with Gasteiger partial charge in [-0.05, 0) is 18.9 Å². The smallest absolute Gasteiger partial charge is 0.309 e. The average molecular weight is 315 g/mol. The Hall–Kier alpha value is -2.21. The van der Waals surface area contributed by atoms with Crippen LogP contribution in [0.5, 0.6) is 0 Å². The third kappa shape index (κ3) is 4.16. The molecule has 0 bridgehead atoms. The van der Waals surface area contributed by atoms with Crippen molar-refractivity contribution in [1.82, 2.24) is 15.2 Å². The molecule has 0 unspecified atom stereocenters. The van der Waals surface area contributed by atoms with E-state index in [-0.39, 0.29) is 17.8 Å². The topological polar surface area (TPSA) is 77.1 Å². The Morgan fingerprint density at radius 1 is 1.35 bits per heavy atom. The molecule has 122 valence electrons. The van der Waals surface area contributed by atoms with Crippen LogP contribution in [0.1, 0.15) is 36.5 Å². The number of hydrogen-bond acceptors (Lipinski definition) is 5. The normalized spacial score (nSPS) is 19.5. The van der Waals surface area contributed by atoms with Crippen molar-refractivity contribution in [2.24, 2.45) is 5.92 Å². The lowest BCUT2D eigenvalue weighted by atomic mass is 10.2. The summed E-state index contributed by atoms with van der Waals surface area (Å²) < 4.78 is 10.7. The molecule has 0 aliphatic heterocycles. The lowest BCUT2D eigenvalue weighted by Gasteiger charge is -2.02. The molecule has 1 heterocycles. The first-order valence-electron chi connectivity index (χ1n) is 7.97. The number of carbonyl (C=O) groups is 1. The monoisotopic (exact) mass is 315 g/mol. The number of carbonyl (C=O) groups excluding carboxylic acids is 1. The van der Waals surface area contributed by atoms with Gasteiger partial charge in [0.15, 0.2) is 5.82 Å². The quantitative estimate of drug-likeness (QED) is 0.597. The largest absolute Gasteiger partial charge is 0.466 e. The summed E-state index contributed by atoms with van der Waals surface area (Å²) in [5.74, 6) is 1.39. The molecule has 3 rings (SSSR count). The highest BCUT2D eigenvalue weighted by molar-refractivity contribution is 5.77. The van der Waals surface area contributed by atoms with Gasteiger partial charge in [0.05, 0.1) is 25.7 Å². The van der Waals surface area contributed by atoms with Crippen LogP contribution in [0, 0.1) is 5.92 Å². The van der Waals surface area contributed by atoms with Crippen molar-refractivity contribution in [3.8, 4) is 0 Å². The van der Waals surface area contributed by atoms with Gasteiger partial charge in [-0.1, -0.05) is 30.3 Å². The van der Waals surface area contributed by atoms with Gasteiger partial charge in [0, 0.05) is 12.3 Å². The molecule has 0 saturated heterocycles. The number of hydrogen-bond donors (Lipinski definition) is 1. The number of nitrogens with zero attached hydrogens (tertiary/aromatic N) is 2.